The molecule has 0 fully saturated rings. The lowest BCUT2D eigenvalue weighted by Gasteiger charge is -2.00. The van der Waals surface area contributed by atoms with Crippen LogP contribution >= 0.6 is 11.5 Å². The summed E-state index contributed by atoms with van der Waals surface area (Å²) in [6, 6.07) is 1.91. The van der Waals surface area contributed by atoms with Crippen molar-refractivity contribution in [3.8, 4) is 0 Å². The largest absolute Gasteiger partial charge is 0.351 e. The summed E-state index contributed by atoms with van der Waals surface area (Å²) in [5.41, 5.74) is 0. The summed E-state index contributed by atoms with van der Waals surface area (Å²) in [4.78, 5) is 12.1. The molecule has 1 rings (SSSR count). The molecule has 1 N–H and O–H groups in total. The Bertz CT molecular complexity index is 233. The zero-order valence-electron chi connectivity index (χ0n) is 7.04. The van der Waals surface area contributed by atoms with Crippen molar-refractivity contribution in [2.75, 3.05) is 0 Å². The first-order chi connectivity index (χ1) is 5.83. The standard InChI is InChI=1S/C8H12N2OS/c1-2-3-8(11)9-6-7-4-5-10-12-7/h4-5H,2-3,6H2,1H3,(H,9,11). The first-order valence-corrected chi connectivity index (χ1v) is 4.76. The van der Waals surface area contributed by atoms with E-state index in [2.05, 4.69) is 9.69 Å². The SMILES string of the molecule is CCCC(=O)NCc1ccns1. The van der Waals surface area contributed by atoms with E-state index < -0.39 is 0 Å². The number of rotatable bonds is 4. The monoisotopic (exact) mass is 184 g/mol. The molecular formula is C8H12N2OS. The van der Waals surface area contributed by atoms with E-state index in [0.717, 1.165) is 11.3 Å². The molecule has 66 valence electrons. The van der Waals surface area contributed by atoms with E-state index in [-0.39, 0.29) is 5.91 Å². The maximum atomic E-state index is 11.0. The van der Waals surface area contributed by atoms with E-state index in [1.54, 1.807) is 6.20 Å². The fraction of sp³-hybridized carbons (Fsp3) is 0.500. The predicted molar refractivity (Wildman–Crippen MR) is 48.9 cm³/mol. The van der Waals surface area contributed by atoms with Crippen molar-refractivity contribution in [3.05, 3.63) is 17.1 Å². The van der Waals surface area contributed by atoms with E-state index in [4.69, 9.17) is 0 Å². The van der Waals surface area contributed by atoms with Crippen LogP contribution in [0.4, 0.5) is 0 Å². The Morgan fingerprint density at radius 2 is 2.58 bits per heavy atom. The molecule has 1 aromatic heterocycles. The molecule has 1 aromatic rings. The highest BCUT2D eigenvalue weighted by Crippen LogP contribution is 2.03. The van der Waals surface area contributed by atoms with Gasteiger partial charge in [-0.05, 0) is 24.0 Å². The third kappa shape index (κ3) is 3.00. The maximum Gasteiger partial charge on any atom is 0.220 e. The summed E-state index contributed by atoms with van der Waals surface area (Å²) < 4.78 is 3.94. The van der Waals surface area contributed by atoms with Gasteiger partial charge >= 0.3 is 0 Å². The van der Waals surface area contributed by atoms with Crippen LogP contribution in [0, 0.1) is 0 Å². The van der Waals surface area contributed by atoms with Crippen LogP contribution in [0.2, 0.25) is 0 Å². The summed E-state index contributed by atoms with van der Waals surface area (Å²) in [7, 11) is 0. The molecule has 0 saturated carbocycles. The zero-order chi connectivity index (χ0) is 8.81. The van der Waals surface area contributed by atoms with E-state index >= 15 is 0 Å². The van der Waals surface area contributed by atoms with Crippen LogP contribution < -0.4 is 5.32 Å². The molecule has 4 heteroatoms. The Labute approximate surface area is 76.0 Å². The van der Waals surface area contributed by atoms with Gasteiger partial charge in [0, 0.05) is 17.5 Å². The molecule has 0 radical (unpaired) electrons. The summed E-state index contributed by atoms with van der Waals surface area (Å²) in [5, 5.41) is 2.82. The van der Waals surface area contributed by atoms with E-state index in [9.17, 15) is 4.79 Å². The van der Waals surface area contributed by atoms with Crippen molar-refractivity contribution >= 4 is 17.4 Å². The molecule has 1 amide bonds. The smallest absolute Gasteiger partial charge is 0.220 e. The maximum absolute atomic E-state index is 11.0. The normalized spacial score (nSPS) is 9.75. The molecule has 0 unspecified atom stereocenters. The van der Waals surface area contributed by atoms with Gasteiger partial charge < -0.3 is 5.32 Å². The second-order valence-corrected chi connectivity index (χ2v) is 3.42. The summed E-state index contributed by atoms with van der Waals surface area (Å²) >= 11 is 1.42. The lowest BCUT2D eigenvalue weighted by atomic mass is 10.3. The Balaban J connectivity index is 2.22. The van der Waals surface area contributed by atoms with Gasteiger partial charge in [0.1, 0.15) is 0 Å². The molecule has 0 bridgehead atoms. The van der Waals surface area contributed by atoms with Crippen molar-refractivity contribution in [3.63, 3.8) is 0 Å². The van der Waals surface area contributed by atoms with Crippen molar-refractivity contribution in [2.24, 2.45) is 0 Å². The van der Waals surface area contributed by atoms with Crippen molar-refractivity contribution in [1.29, 1.82) is 0 Å². The third-order valence-corrected chi connectivity index (χ3v) is 2.17. The average molecular weight is 184 g/mol. The number of aromatic nitrogens is 1. The summed E-state index contributed by atoms with van der Waals surface area (Å²) in [6.07, 6.45) is 3.25. The number of carbonyl (C=O) groups excluding carboxylic acids is 1. The van der Waals surface area contributed by atoms with E-state index in [1.807, 2.05) is 13.0 Å². The van der Waals surface area contributed by atoms with Crippen LogP contribution in [-0.2, 0) is 11.3 Å². The van der Waals surface area contributed by atoms with Gasteiger partial charge in [-0.3, -0.25) is 4.79 Å². The number of hydrogen-bond donors (Lipinski definition) is 1. The highest BCUT2D eigenvalue weighted by molar-refractivity contribution is 7.05. The van der Waals surface area contributed by atoms with E-state index in [1.165, 1.54) is 11.5 Å². The molecule has 0 saturated heterocycles. The Morgan fingerprint density at radius 1 is 1.75 bits per heavy atom. The predicted octanol–water partition coefficient (Wildman–Crippen LogP) is 1.56. The van der Waals surface area contributed by atoms with E-state index in [0.29, 0.717) is 13.0 Å². The van der Waals surface area contributed by atoms with Crippen molar-refractivity contribution in [1.82, 2.24) is 9.69 Å². The molecule has 0 aromatic carbocycles. The van der Waals surface area contributed by atoms with Gasteiger partial charge in [-0.15, -0.1) is 0 Å². The molecular weight excluding hydrogens is 172 g/mol. The van der Waals surface area contributed by atoms with Gasteiger partial charge in [-0.2, -0.15) is 0 Å². The molecule has 0 atom stereocenters. The number of hydrogen-bond acceptors (Lipinski definition) is 3. The van der Waals surface area contributed by atoms with Gasteiger partial charge in [0.05, 0.1) is 6.54 Å². The van der Waals surface area contributed by atoms with Gasteiger partial charge in [0.2, 0.25) is 5.91 Å². The van der Waals surface area contributed by atoms with Gasteiger partial charge in [-0.1, -0.05) is 6.92 Å². The molecule has 12 heavy (non-hydrogen) atoms. The zero-order valence-corrected chi connectivity index (χ0v) is 7.86. The van der Waals surface area contributed by atoms with Crippen LogP contribution in [0.25, 0.3) is 0 Å². The molecule has 0 aliphatic rings. The second kappa shape index (κ2) is 4.87. The van der Waals surface area contributed by atoms with Gasteiger partial charge in [0.25, 0.3) is 0 Å². The van der Waals surface area contributed by atoms with Crippen molar-refractivity contribution < 1.29 is 4.79 Å². The van der Waals surface area contributed by atoms with Crippen LogP contribution in [0.15, 0.2) is 12.3 Å². The quantitative estimate of drug-likeness (QED) is 0.771. The minimum absolute atomic E-state index is 0.117. The van der Waals surface area contributed by atoms with Crippen molar-refractivity contribution in [2.45, 2.75) is 26.3 Å². The van der Waals surface area contributed by atoms with Crippen LogP contribution in [0.3, 0.4) is 0 Å². The molecule has 0 aliphatic heterocycles. The first kappa shape index (κ1) is 9.19. The van der Waals surface area contributed by atoms with Crippen LogP contribution in [0.5, 0.6) is 0 Å². The topological polar surface area (TPSA) is 42.0 Å². The second-order valence-electron chi connectivity index (χ2n) is 2.51. The lowest BCUT2D eigenvalue weighted by Crippen LogP contribution is -2.21. The number of nitrogens with zero attached hydrogens (tertiary/aromatic N) is 1. The first-order valence-electron chi connectivity index (χ1n) is 3.99. The molecule has 3 nitrogen and oxygen atoms in total. The number of nitrogens with one attached hydrogen (secondary N) is 1. The Morgan fingerprint density at radius 3 is 3.17 bits per heavy atom. The minimum atomic E-state index is 0.117. The highest BCUT2D eigenvalue weighted by Gasteiger charge is 1.99. The Kier molecular flexibility index (Phi) is 3.73. The van der Waals surface area contributed by atoms with Crippen LogP contribution in [0.1, 0.15) is 24.6 Å². The summed E-state index contributed by atoms with van der Waals surface area (Å²) in [6.45, 7) is 2.61. The Hall–Kier alpha value is -0.900. The number of amides is 1. The van der Waals surface area contributed by atoms with Crippen LogP contribution in [-0.4, -0.2) is 10.3 Å². The molecule has 0 spiro atoms. The van der Waals surface area contributed by atoms with Gasteiger partial charge in [-0.25, -0.2) is 4.37 Å². The number of carbonyl (C=O) groups is 1. The average Bonchev–Trinajstić information content (AvgIpc) is 2.53. The lowest BCUT2D eigenvalue weighted by molar-refractivity contribution is -0.121. The highest BCUT2D eigenvalue weighted by atomic mass is 32.1. The molecule has 0 aliphatic carbocycles. The fourth-order valence-corrected chi connectivity index (χ4v) is 1.35. The third-order valence-electron chi connectivity index (χ3n) is 1.43. The summed E-state index contributed by atoms with van der Waals surface area (Å²) in [5.74, 6) is 0.117. The van der Waals surface area contributed by atoms with Gasteiger partial charge in [0.15, 0.2) is 0 Å². The fourth-order valence-electron chi connectivity index (χ4n) is 0.834. The molecule has 1 heterocycles. The minimum Gasteiger partial charge on any atom is -0.351 e.